The molecule has 4 heteroatoms. The Labute approximate surface area is 68.6 Å². The van der Waals surface area contributed by atoms with E-state index in [2.05, 4.69) is 0 Å². The van der Waals surface area contributed by atoms with Crippen molar-refractivity contribution < 1.29 is 14.3 Å². The number of carbonyl (C=O) groups is 1. The highest BCUT2D eigenvalue weighted by molar-refractivity contribution is 5.95. The summed E-state index contributed by atoms with van der Waals surface area (Å²) in [5.74, 6) is -1.65. The van der Waals surface area contributed by atoms with Crippen molar-refractivity contribution in [1.82, 2.24) is 0 Å². The van der Waals surface area contributed by atoms with E-state index in [0.717, 1.165) is 12.1 Å². The van der Waals surface area contributed by atoms with Crippen molar-refractivity contribution in [1.29, 1.82) is 0 Å². The van der Waals surface area contributed by atoms with E-state index in [9.17, 15) is 9.18 Å². The summed E-state index contributed by atoms with van der Waals surface area (Å²) in [5, 5.41) is 8.63. The molecule has 1 aromatic rings. The van der Waals surface area contributed by atoms with Crippen LogP contribution < -0.4 is 5.73 Å². The predicted molar refractivity (Wildman–Crippen MR) is 42.5 cm³/mol. The predicted octanol–water partition coefficient (Wildman–Crippen LogP) is 1.41. The molecular weight excluding hydrogens is 161 g/mol. The van der Waals surface area contributed by atoms with Gasteiger partial charge in [0, 0.05) is 5.69 Å². The SMILES string of the molecule is Cc1cc(F)cc(N)c1C(=O)O. The fourth-order valence-corrected chi connectivity index (χ4v) is 1.06. The molecule has 0 fully saturated rings. The van der Waals surface area contributed by atoms with Crippen molar-refractivity contribution in [2.75, 3.05) is 5.73 Å². The summed E-state index contributed by atoms with van der Waals surface area (Å²) in [7, 11) is 0. The van der Waals surface area contributed by atoms with Gasteiger partial charge in [-0.15, -0.1) is 0 Å². The van der Waals surface area contributed by atoms with E-state index in [-0.39, 0.29) is 11.3 Å². The second-order valence-electron chi connectivity index (χ2n) is 2.49. The molecule has 0 aliphatic carbocycles. The molecule has 64 valence electrons. The summed E-state index contributed by atoms with van der Waals surface area (Å²) in [5.41, 5.74) is 5.56. The van der Waals surface area contributed by atoms with E-state index in [1.165, 1.54) is 6.92 Å². The topological polar surface area (TPSA) is 63.3 Å². The van der Waals surface area contributed by atoms with E-state index in [0.29, 0.717) is 5.56 Å². The average Bonchev–Trinajstić information content (AvgIpc) is 1.82. The Morgan fingerprint density at radius 1 is 1.58 bits per heavy atom. The number of carboxylic acids is 1. The maximum Gasteiger partial charge on any atom is 0.338 e. The fourth-order valence-electron chi connectivity index (χ4n) is 1.06. The Morgan fingerprint density at radius 2 is 2.17 bits per heavy atom. The molecule has 1 aromatic carbocycles. The van der Waals surface area contributed by atoms with Gasteiger partial charge in [-0.1, -0.05) is 0 Å². The highest BCUT2D eigenvalue weighted by Crippen LogP contribution is 2.18. The molecule has 12 heavy (non-hydrogen) atoms. The molecule has 3 nitrogen and oxygen atoms in total. The summed E-state index contributed by atoms with van der Waals surface area (Å²) in [6, 6.07) is 2.14. The molecule has 0 amide bonds. The van der Waals surface area contributed by atoms with E-state index in [1.807, 2.05) is 0 Å². The first-order chi connectivity index (χ1) is 5.52. The Kier molecular flexibility index (Phi) is 1.99. The molecule has 0 heterocycles. The van der Waals surface area contributed by atoms with Crippen molar-refractivity contribution >= 4 is 11.7 Å². The van der Waals surface area contributed by atoms with Crippen molar-refractivity contribution in [2.45, 2.75) is 6.92 Å². The largest absolute Gasteiger partial charge is 0.478 e. The van der Waals surface area contributed by atoms with Gasteiger partial charge < -0.3 is 10.8 Å². The molecule has 0 radical (unpaired) electrons. The molecule has 1 rings (SSSR count). The van der Waals surface area contributed by atoms with Gasteiger partial charge in [0.15, 0.2) is 0 Å². The van der Waals surface area contributed by atoms with Crippen molar-refractivity contribution in [3.05, 3.63) is 29.1 Å². The van der Waals surface area contributed by atoms with Gasteiger partial charge >= 0.3 is 5.97 Å². The van der Waals surface area contributed by atoms with Crippen LogP contribution in [0, 0.1) is 12.7 Å². The molecule has 0 bridgehead atoms. The van der Waals surface area contributed by atoms with Crippen LogP contribution in [-0.2, 0) is 0 Å². The van der Waals surface area contributed by atoms with Crippen LogP contribution in [0.2, 0.25) is 0 Å². The van der Waals surface area contributed by atoms with Gasteiger partial charge in [0.05, 0.1) is 5.56 Å². The van der Waals surface area contributed by atoms with Gasteiger partial charge in [-0.05, 0) is 24.6 Å². The standard InChI is InChI=1S/C8H8FNO2/c1-4-2-5(9)3-6(10)7(4)8(11)12/h2-3H,10H2,1H3,(H,11,12). The Balaban J connectivity index is 3.38. The van der Waals surface area contributed by atoms with Crippen LogP contribution in [-0.4, -0.2) is 11.1 Å². The molecule has 0 atom stereocenters. The van der Waals surface area contributed by atoms with E-state index in [1.54, 1.807) is 0 Å². The van der Waals surface area contributed by atoms with Crippen LogP contribution in [0.4, 0.5) is 10.1 Å². The fraction of sp³-hybridized carbons (Fsp3) is 0.125. The minimum absolute atomic E-state index is 0.0311. The summed E-state index contributed by atoms with van der Waals surface area (Å²) < 4.78 is 12.6. The summed E-state index contributed by atoms with van der Waals surface area (Å²) >= 11 is 0. The van der Waals surface area contributed by atoms with E-state index in [4.69, 9.17) is 10.8 Å². The van der Waals surface area contributed by atoms with Crippen LogP contribution in [0.3, 0.4) is 0 Å². The first kappa shape index (κ1) is 8.52. The van der Waals surface area contributed by atoms with Gasteiger partial charge in [0.25, 0.3) is 0 Å². The molecular formula is C8H8FNO2. The number of anilines is 1. The van der Waals surface area contributed by atoms with Gasteiger partial charge in [-0.2, -0.15) is 0 Å². The molecule has 0 aliphatic rings. The highest BCUT2D eigenvalue weighted by Gasteiger charge is 2.12. The minimum Gasteiger partial charge on any atom is -0.478 e. The molecule has 0 spiro atoms. The first-order valence-corrected chi connectivity index (χ1v) is 3.31. The quantitative estimate of drug-likeness (QED) is 0.625. The Bertz CT molecular complexity index is 313. The van der Waals surface area contributed by atoms with E-state index < -0.39 is 11.8 Å². The molecule has 0 unspecified atom stereocenters. The van der Waals surface area contributed by atoms with Crippen molar-refractivity contribution in [3.63, 3.8) is 0 Å². The average molecular weight is 169 g/mol. The van der Waals surface area contributed by atoms with Gasteiger partial charge in [-0.3, -0.25) is 0 Å². The zero-order chi connectivity index (χ0) is 9.30. The van der Waals surface area contributed by atoms with Gasteiger partial charge in [0.1, 0.15) is 5.82 Å². The zero-order valence-corrected chi connectivity index (χ0v) is 6.47. The maximum atomic E-state index is 12.6. The van der Waals surface area contributed by atoms with Gasteiger partial charge in [0.2, 0.25) is 0 Å². The number of benzene rings is 1. The molecule has 3 N–H and O–H groups in total. The lowest BCUT2D eigenvalue weighted by atomic mass is 10.1. The number of aryl methyl sites for hydroxylation is 1. The Hall–Kier alpha value is -1.58. The number of nitrogen functional groups attached to an aromatic ring is 1. The monoisotopic (exact) mass is 169 g/mol. The lowest BCUT2D eigenvalue weighted by Crippen LogP contribution is -2.05. The summed E-state index contributed by atoms with van der Waals surface area (Å²) in [4.78, 5) is 10.6. The Morgan fingerprint density at radius 3 is 2.58 bits per heavy atom. The molecule has 0 saturated heterocycles. The van der Waals surface area contributed by atoms with Crippen LogP contribution in [0.5, 0.6) is 0 Å². The molecule has 0 saturated carbocycles. The maximum absolute atomic E-state index is 12.6. The number of nitrogens with two attached hydrogens (primary N) is 1. The third kappa shape index (κ3) is 1.37. The number of carboxylic acid groups (broad SMARTS) is 1. The number of aromatic carboxylic acids is 1. The van der Waals surface area contributed by atoms with Crippen molar-refractivity contribution in [3.8, 4) is 0 Å². The highest BCUT2D eigenvalue weighted by atomic mass is 19.1. The number of hydrogen-bond acceptors (Lipinski definition) is 2. The third-order valence-electron chi connectivity index (χ3n) is 1.54. The third-order valence-corrected chi connectivity index (χ3v) is 1.54. The smallest absolute Gasteiger partial charge is 0.338 e. The zero-order valence-electron chi connectivity index (χ0n) is 6.47. The molecule has 0 aromatic heterocycles. The second-order valence-corrected chi connectivity index (χ2v) is 2.49. The number of halogens is 1. The first-order valence-electron chi connectivity index (χ1n) is 3.31. The lowest BCUT2D eigenvalue weighted by Gasteiger charge is -2.03. The summed E-state index contributed by atoms with van der Waals surface area (Å²) in [6.45, 7) is 1.50. The number of hydrogen-bond donors (Lipinski definition) is 2. The van der Waals surface area contributed by atoms with Crippen LogP contribution in [0.25, 0.3) is 0 Å². The van der Waals surface area contributed by atoms with Crippen molar-refractivity contribution in [2.24, 2.45) is 0 Å². The minimum atomic E-state index is -1.13. The second kappa shape index (κ2) is 2.81. The normalized spacial score (nSPS) is 9.83. The van der Waals surface area contributed by atoms with Crippen LogP contribution in [0.15, 0.2) is 12.1 Å². The molecule has 0 aliphatic heterocycles. The van der Waals surface area contributed by atoms with Crippen LogP contribution >= 0.6 is 0 Å². The van der Waals surface area contributed by atoms with Crippen LogP contribution in [0.1, 0.15) is 15.9 Å². The summed E-state index contributed by atoms with van der Waals surface area (Å²) in [6.07, 6.45) is 0. The number of rotatable bonds is 1. The van der Waals surface area contributed by atoms with E-state index >= 15 is 0 Å². The van der Waals surface area contributed by atoms with Gasteiger partial charge in [-0.25, -0.2) is 9.18 Å². The lowest BCUT2D eigenvalue weighted by molar-refractivity contribution is 0.0697.